The molecule has 0 spiro atoms. The molecule has 0 bridgehead atoms. The number of benzene rings is 1. The Bertz CT molecular complexity index is 324. The molecule has 0 atom stereocenters. The highest BCUT2D eigenvalue weighted by Crippen LogP contribution is 2.33. The van der Waals surface area contributed by atoms with E-state index in [1.54, 1.807) is 0 Å². The van der Waals surface area contributed by atoms with Crippen molar-refractivity contribution < 1.29 is 5.11 Å². The van der Waals surface area contributed by atoms with Crippen LogP contribution in [0.5, 0.6) is 5.75 Å². The molecule has 1 N–H and O–H groups in total. The van der Waals surface area contributed by atoms with E-state index < -0.39 is 0 Å². The first kappa shape index (κ1) is 10.1. The van der Waals surface area contributed by atoms with Crippen molar-refractivity contribution in [2.45, 2.75) is 40.5 Å². The van der Waals surface area contributed by atoms with Crippen molar-refractivity contribution in [1.29, 1.82) is 0 Å². The van der Waals surface area contributed by atoms with E-state index in [1.165, 1.54) is 11.1 Å². The molecule has 0 aromatic heterocycles. The quantitative estimate of drug-likeness (QED) is 0.698. The number of phenols is 1. The molecular formula is C12H18O. The van der Waals surface area contributed by atoms with Gasteiger partial charge in [-0.15, -0.1) is 0 Å². The third kappa shape index (κ3) is 1.69. The maximum absolute atomic E-state index is 9.93. The summed E-state index contributed by atoms with van der Waals surface area (Å²) in [5.41, 5.74) is 4.45. The topological polar surface area (TPSA) is 20.2 Å². The van der Waals surface area contributed by atoms with E-state index in [9.17, 15) is 5.11 Å². The maximum atomic E-state index is 9.93. The Balaban J connectivity index is 3.44. The number of aryl methyl sites for hydroxylation is 2. The zero-order valence-corrected chi connectivity index (χ0v) is 9.10. The number of phenolic OH excluding ortho intramolecular Hbond substituents is 1. The van der Waals surface area contributed by atoms with Crippen molar-refractivity contribution in [1.82, 2.24) is 0 Å². The van der Waals surface area contributed by atoms with Crippen LogP contribution >= 0.6 is 0 Å². The van der Waals surface area contributed by atoms with Gasteiger partial charge in [0.2, 0.25) is 0 Å². The number of aromatic hydroxyl groups is 1. The van der Waals surface area contributed by atoms with Crippen LogP contribution in [-0.2, 0) is 0 Å². The summed E-state index contributed by atoms with van der Waals surface area (Å²) in [7, 11) is 0. The van der Waals surface area contributed by atoms with E-state index in [0.29, 0.717) is 11.7 Å². The van der Waals surface area contributed by atoms with Crippen LogP contribution in [-0.4, -0.2) is 5.11 Å². The molecule has 1 rings (SSSR count). The average Bonchev–Trinajstić information content (AvgIpc) is 1.99. The minimum atomic E-state index is 0.388. The lowest BCUT2D eigenvalue weighted by molar-refractivity contribution is 0.459. The molecule has 1 aromatic carbocycles. The molecule has 0 aliphatic heterocycles. The molecule has 72 valence electrons. The van der Waals surface area contributed by atoms with Gasteiger partial charge in [0.1, 0.15) is 5.75 Å². The van der Waals surface area contributed by atoms with E-state index in [0.717, 1.165) is 11.1 Å². The van der Waals surface area contributed by atoms with Crippen molar-refractivity contribution in [3.63, 3.8) is 0 Å². The van der Waals surface area contributed by atoms with Crippen LogP contribution < -0.4 is 0 Å². The summed E-state index contributed by atoms with van der Waals surface area (Å²) in [6.07, 6.45) is 0. The number of hydrogen-bond acceptors (Lipinski definition) is 1. The zero-order valence-electron chi connectivity index (χ0n) is 9.10. The molecule has 0 saturated carbocycles. The number of hydrogen-bond donors (Lipinski definition) is 1. The van der Waals surface area contributed by atoms with Gasteiger partial charge in [-0.25, -0.2) is 0 Å². The fraction of sp³-hybridized carbons (Fsp3) is 0.500. The Labute approximate surface area is 80.4 Å². The summed E-state index contributed by atoms with van der Waals surface area (Å²) in [6.45, 7) is 10.3. The molecule has 0 heterocycles. The predicted octanol–water partition coefficient (Wildman–Crippen LogP) is 3.44. The SMILES string of the molecule is Cc1cc(C)c(C(C)C)c(O)c1C. The van der Waals surface area contributed by atoms with Gasteiger partial charge in [-0.2, -0.15) is 0 Å². The van der Waals surface area contributed by atoms with Gasteiger partial charge in [-0.3, -0.25) is 0 Å². The molecule has 1 nitrogen and oxygen atoms in total. The summed E-state index contributed by atoms with van der Waals surface area (Å²) in [6, 6.07) is 2.14. The standard InChI is InChI=1S/C12H18O/c1-7(2)11-9(4)6-8(3)10(5)12(11)13/h6-7,13H,1-5H3. The predicted molar refractivity (Wildman–Crippen MR) is 56.4 cm³/mol. The van der Waals surface area contributed by atoms with Gasteiger partial charge in [-0.05, 0) is 48.9 Å². The highest BCUT2D eigenvalue weighted by atomic mass is 16.3. The van der Waals surface area contributed by atoms with Gasteiger partial charge in [0.15, 0.2) is 0 Å². The normalized spacial score (nSPS) is 10.9. The van der Waals surface area contributed by atoms with Crippen LogP contribution in [0.2, 0.25) is 0 Å². The van der Waals surface area contributed by atoms with Crippen LogP contribution in [0.1, 0.15) is 42.0 Å². The monoisotopic (exact) mass is 178 g/mol. The Morgan fingerprint density at radius 3 is 2.08 bits per heavy atom. The molecule has 0 saturated heterocycles. The minimum Gasteiger partial charge on any atom is -0.507 e. The molecule has 1 heteroatoms. The molecule has 0 unspecified atom stereocenters. The van der Waals surface area contributed by atoms with Crippen LogP contribution in [0.3, 0.4) is 0 Å². The van der Waals surface area contributed by atoms with Crippen molar-refractivity contribution >= 4 is 0 Å². The fourth-order valence-corrected chi connectivity index (χ4v) is 1.82. The van der Waals surface area contributed by atoms with E-state index in [2.05, 4.69) is 26.8 Å². The van der Waals surface area contributed by atoms with E-state index in [-0.39, 0.29) is 0 Å². The summed E-state index contributed by atoms with van der Waals surface area (Å²) >= 11 is 0. The second-order valence-electron chi connectivity index (χ2n) is 4.05. The van der Waals surface area contributed by atoms with Crippen molar-refractivity contribution in [2.75, 3.05) is 0 Å². The summed E-state index contributed by atoms with van der Waals surface area (Å²) in [4.78, 5) is 0. The summed E-state index contributed by atoms with van der Waals surface area (Å²) in [5, 5.41) is 9.93. The molecular weight excluding hydrogens is 160 g/mol. The second-order valence-corrected chi connectivity index (χ2v) is 4.05. The molecule has 0 radical (unpaired) electrons. The van der Waals surface area contributed by atoms with Crippen molar-refractivity contribution in [3.8, 4) is 5.75 Å². The van der Waals surface area contributed by atoms with Crippen LogP contribution in [0.25, 0.3) is 0 Å². The van der Waals surface area contributed by atoms with Gasteiger partial charge in [-0.1, -0.05) is 19.9 Å². The largest absolute Gasteiger partial charge is 0.507 e. The van der Waals surface area contributed by atoms with Crippen molar-refractivity contribution in [2.24, 2.45) is 0 Å². The van der Waals surface area contributed by atoms with Gasteiger partial charge in [0.25, 0.3) is 0 Å². The first-order chi connectivity index (χ1) is 5.95. The Kier molecular flexibility index (Phi) is 2.65. The van der Waals surface area contributed by atoms with Crippen LogP contribution in [0.15, 0.2) is 6.07 Å². The minimum absolute atomic E-state index is 0.388. The van der Waals surface area contributed by atoms with Gasteiger partial charge in [0, 0.05) is 0 Å². The van der Waals surface area contributed by atoms with E-state index in [1.807, 2.05) is 13.8 Å². The highest BCUT2D eigenvalue weighted by Gasteiger charge is 2.12. The Morgan fingerprint density at radius 2 is 1.62 bits per heavy atom. The zero-order chi connectivity index (χ0) is 10.2. The third-order valence-electron chi connectivity index (χ3n) is 2.64. The fourth-order valence-electron chi connectivity index (χ4n) is 1.82. The molecule has 0 aliphatic rings. The molecule has 1 aromatic rings. The van der Waals surface area contributed by atoms with E-state index >= 15 is 0 Å². The first-order valence-electron chi connectivity index (χ1n) is 4.74. The lowest BCUT2D eigenvalue weighted by atomic mass is 9.92. The Hall–Kier alpha value is -0.980. The maximum Gasteiger partial charge on any atom is 0.122 e. The molecule has 0 amide bonds. The van der Waals surface area contributed by atoms with Crippen molar-refractivity contribution in [3.05, 3.63) is 28.3 Å². The summed E-state index contributed by atoms with van der Waals surface area (Å²) < 4.78 is 0. The van der Waals surface area contributed by atoms with Crippen LogP contribution in [0, 0.1) is 20.8 Å². The van der Waals surface area contributed by atoms with Gasteiger partial charge >= 0.3 is 0 Å². The number of rotatable bonds is 1. The average molecular weight is 178 g/mol. The molecule has 13 heavy (non-hydrogen) atoms. The van der Waals surface area contributed by atoms with Crippen LogP contribution in [0.4, 0.5) is 0 Å². The van der Waals surface area contributed by atoms with Gasteiger partial charge in [0.05, 0.1) is 0 Å². The lowest BCUT2D eigenvalue weighted by Gasteiger charge is -2.15. The van der Waals surface area contributed by atoms with E-state index in [4.69, 9.17) is 0 Å². The Morgan fingerprint density at radius 1 is 1.08 bits per heavy atom. The summed E-state index contributed by atoms with van der Waals surface area (Å²) in [5.74, 6) is 0.867. The second kappa shape index (κ2) is 3.41. The first-order valence-corrected chi connectivity index (χ1v) is 4.74. The third-order valence-corrected chi connectivity index (χ3v) is 2.64. The van der Waals surface area contributed by atoms with Gasteiger partial charge < -0.3 is 5.11 Å². The highest BCUT2D eigenvalue weighted by molar-refractivity contribution is 5.49. The smallest absolute Gasteiger partial charge is 0.122 e. The molecule has 0 fully saturated rings. The lowest BCUT2D eigenvalue weighted by Crippen LogP contribution is -1.96. The molecule has 0 aliphatic carbocycles.